The first kappa shape index (κ1) is 12.4. The Kier molecular flexibility index (Phi) is 3.21. The Bertz CT molecular complexity index is 607. The van der Waals surface area contributed by atoms with Gasteiger partial charge in [-0.15, -0.1) is 0 Å². The molecule has 2 saturated heterocycles. The third-order valence-electron chi connectivity index (χ3n) is 4.83. The molecule has 0 radical (unpaired) electrons. The van der Waals surface area contributed by atoms with Gasteiger partial charge >= 0.3 is 0 Å². The van der Waals surface area contributed by atoms with E-state index < -0.39 is 0 Å². The number of benzene rings is 2. The fourth-order valence-electron chi connectivity index (χ4n) is 3.75. The van der Waals surface area contributed by atoms with Gasteiger partial charge in [-0.2, -0.15) is 0 Å². The van der Waals surface area contributed by atoms with Gasteiger partial charge in [-0.3, -0.25) is 4.90 Å². The van der Waals surface area contributed by atoms with Gasteiger partial charge < -0.3 is 5.32 Å². The lowest BCUT2D eigenvalue weighted by molar-refractivity contribution is 0.251. The van der Waals surface area contributed by atoms with E-state index in [1.165, 1.54) is 48.7 Å². The Morgan fingerprint density at radius 2 is 1.80 bits per heavy atom. The van der Waals surface area contributed by atoms with Gasteiger partial charge in [0.2, 0.25) is 0 Å². The Hall–Kier alpha value is -1.38. The highest BCUT2D eigenvalue weighted by Gasteiger charge is 2.28. The molecule has 2 aromatic rings. The molecule has 2 aromatic carbocycles. The Balaban J connectivity index is 1.52. The highest BCUT2D eigenvalue weighted by molar-refractivity contribution is 5.82. The van der Waals surface area contributed by atoms with E-state index in [0.717, 1.165) is 18.6 Å². The van der Waals surface area contributed by atoms with Crippen molar-refractivity contribution >= 4 is 10.8 Å². The van der Waals surface area contributed by atoms with Gasteiger partial charge in [0.15, 0.2) is 0 Å². The summed E-state index contributed by atoms with van der Waals surface area (Å²) in [5.74, 6) is 0. The molecule has 1 N–H and O–H groups in total. The van der Waals surface area contributed by atoms with Gasteiger partial charge in [-0.25, -0.2) is 0 Å². The van der Waals surface area contributed by atoms with Gasteiger partial charge in [0.05, 0.1) is 0 Å². The van der Waals surface area contributed by atoms with Crippen molar-refractivity contribution in [3.05, 3.63) is 48.0 Å². The first-order chi connectivity index (χ1) is 9.87. The molecule has 20 heavy (non-hydrogen) atoms. The van der Waals surface area contributed by atoms with Crippen LogP contribution in [0.15, 0.2) is 42.5 Å². The molecular formula is C18H22N2. The molecule has 0 aromatic heterocycles. The lowest BCUT2D eigenvalue weighted by atomic mass is 10.1. The molecular weight excluding hydrogens is 244 g/mol. The van der Waals surface area contributed by atoms with Crippen LogP contribution in [0, 0.1) is 0 Å². The number of fused-ring (bicyclic) bond motifs is 3. The zero-order chi connectivity index (χ0) is 13.4. The van der Waals surface area contributed by atoms with Crippen LogP contribution >= 0.6 is 0 Å². The highest BCUT2D eigenvalue weighted by Crippen LogP contribution is 2.22. The predicted molar refractivity (Wildman–Crippen MR) is 83.8 cm³/mol. The summed E-state index contributed by atoms with van der Waals surface area (Å²) in [6, 6.07) is 17.0. The normalized spacial score (nSPS) is 26.8. The summed E-state index contributed by atoms with van der Waals surface area (Å²) in [5.41, 5.74) is 1.45. The summed E-state index contributed by atoms with van der Waals surface area (Å²) in [4.78, 5) is 2.63. The van der Waals surface area contributed by atoms with Crippen LogP contribution in [0.5, 0.6) is 0 Å². The second-order valence-corrected chi connectivity index (χ2v) is 6.34. The largest absolute Gasteiger partial charge is 0.310 e. The molecule has 2 fully saturated rings. The van der Waals surface area contributed by atoms with Gasteiger partial charge in [0.1, 0.15) is 0 Å². The van der Waals surface area contributed by atoms with Crippen LogP contribution in [-0.4, -0.2) is 30.1 Å². The lowest BCUT2D eigenvalue weighted by Gasteiger charge is -2.24. The summed E-state index contributed by atoms with van der Waals surface area (Å²) in [6.07, 6.45) is 4.05. The highest BCUT2D eigenvalue weighted by atomic mass is 15.2. The number of hydrogen-bond acceptors (Lipinski definition) is 2. The first-order valence-corrected chi connectivity index (χ1v) is 7.83. The van der Waals surface area contributed by atoms with E-state index in [2.05, 4.69) is 52.7 Å². The molecule has 2 heterocycles. The monoisotopic (exact) mass is 266 g/mol. The van der Waals surface area contributed by atoms with Crippen molar-refractivity contribution < 1.29 is 0 Å². The molecule has 2 bridgehead atoms. The molecule has 0 saturated carbocycles. The van der Waals surface area contributed by atoms with E-state index in [9.17, 15) is 0 Å². The molecule has 104 valence electrons. The minimum absolute atomic E-state index is 0.725. The molecule has 2 atom stereocenters. The average Bonchev–Trinajstić information content (AvgIpc) is 2.81. The molecule has 2 aliphatic rings. The SMILES string of the molecule is c1ccc2cc(CN3CCC4CCC(C3)N4)ccc2c1. The van der Waals surface area contributed by atoms with Crippen LogP contribution in [0.3, 0.4) is 0 Å². The third-order valence-corrected chi connectivity index (χ3v) is 4.83. The fraction of sp³-hybridized carbons (Fsp3) is 0.444. The molecule has 2 unspecified atom stereocenters. The topological polar surface area (TPSA) is 15.3 Å². The van der Waals surface area contributed by atoms with Crippen molar-refractivity contribution in [1.82, 2.24) is 10.2 Å². The zero-order valence-electron chi connectivity index (χ0n) is 11.9. The smallest absolute Gasteiger partial charge is 0.0234 e. The molecule has 2 aliphatic heterocycles. The second-order valence-electron chi connectivity index (χ2n) is 6.34. The third kappa shape index (κ3) is 2.46. The van der Waals surface area contributed by atoms with E-state index in [0.29, 0.717) is 0 Å². The molecule has 4 rings (SSSR count). The van der Waals surface area contributed by atoms with Crippen LogP contribution in [0.25, 0.3) is 10.8 Å². The fourth-order valence-corrected chi connectivity index (χ4v) is 3.75. The van der Waals surface area contributed by atoms with Crippen LogP contribution in [-0.2, 0) is 6.54 Å². The average molecular weight is 266 g/mol. The second kappa shape index (κ2) is 5.19. The van der Waals surface area contributed by atoms with Crippen molar-refractivity contribution in [2.24, 2.45) is 0 Å². The first-order valence-electron chi connectivity index (χ1n) is 7.83. The number of hydrogen-bond donors (Lipinski definition) is 1. The Labute approximate surface area is 120 Å². The minimum atomic E-state index is 0.725. The summed E-state index contributed by atoms with van der Waals surface area (Å²) in [5, 5.41) is 6.46. The maximum absolute atomic E-state index is 3.76. The summed E-state index contributed by atoms with van der Waals surface area (Å²) < 4.78 is 0. The quantitative estimate of drug-likeness (QED) is 0.898. The van der Waals surface area contributed by atoms with Crippen molar-refractivity contribution in [2.45, 2.75) is 37.9 Å². The standard InChI is InChI=1S/C18H22N2/c1-2-4-16-11-14(5-6-15(16)3-1)12-20-10-9-17-7-8-18(13-20)19-17/h1-6,11,17-19H,7-10,12-13H2. The van der Waals surface area contributed by atoms with E-state index in [1.807, 2.05) is 0 Å². The van der Waals surface area contributed by atoms with Gasteiger partial charge in [0.25, 0.3) is 0 Å². The Morgan fingerprint density at radius 3 is 2.75 bits per heavy atom. The molecule has 0 aliphatic carbocycles. The number of nitrogens with one attached hydrogen (secondary N) is 1. The summed E-state index contributed by atoms with van der Waals surface area (Å²) in [7, 11) is 0. The minimum Gasteiger partial charge on any atom is -0.310 e. The van der Waals surface area contributed by atoms with Crippen LogP contribution in [0.4, 0.5) is 0 Å². The molecule has 2 nitrogen and oxygen atoms in total. The lowest BCUT2D eigenvalue weighted by Crippen LogP contribution is -2.34. The number of nitrogens with zero attached hydrogens (tertiary/aromatic N) is 1. The van der Waals surface area contributed by atoms with Crippen molar-refractivity contribution in [3.8, 4) is 0 Å². The number of likely N-dealkylation sites (tertiary alicyclic amines) is 1. The van der Waals surface area contributed by atoms with E-state index in [1.54, 1.807) is 0 Å². The van der Waals surface area contributed by atoms with E-state index in [4.69, 9.17) is 0 Å². The zero-order valence-corrected chi connectivity index (χ0v) is 11.9. The summed E-state index contributed by atoms with van der Waals surface area (Å²) >= 11 is 0. The van der Waals surface area contributed by atoms with Gasteiger partial charge in [-0.05, 0) is 41.7 Å². The maximum Gasteiger partial charge on any atom is 0.0234 e. The van der Waals surface area contributed by atoms with Crippen molar-refractivity contribution in [2.75, 3.05) is 13.1 Å². The predicted octanol–water partition coefficient (Wildman–Crippen LogP) is 3.17. The molecule has 0 amide bonds. The number of rotatable bonds is 2. The van der Waals surface area contributed by atoms with Crippen LogP contribution in [0.2, 0.25) is 0 Å². The van der Waals surface area contributed by atoms with Crippen LogP contribution in [0.1, 0.15) is 24.8 Å². The van der Waals surface area contributed by atoms with E-state index >= 15 is 0 Å². The van der Waals surface area contributed by atoms with E-state index in [-0.39, 0.29) is 0 Å². The maximum atomic E-state index is 3.76. The Morgan fingerprint density at radius 1 is 0.950 bits per heavy atom. The van der Waals surface area contributed by atoms with Crippen molar-refractivity contribution in [3.63, 3.8) is 0 Å². The molecule has 0 spiro atoms. The molecule has 2 heteroatoms. The van der Waals surface area contributed by atoms with Gasteiger partial charge in [0, 0.05) is 31.7 Å². The van der Waals surface area contributed by atoms with Gasteiger partial charge in [-0.1, -0.05) is 36.4 Å². The summed E-state index contributed by atoms with van der Waals surface area (Å²) in [6.45, 7) is 3.54. The van der Waals surface area contributed by atoms with Crippen LogP contribution < -0.4 is 5.32 Å². The van der Waals surface area contributed by atoms with Crippen molar-refractivity contribution in [1.29, 1.82) is 0 Å².